The highest BCUT2D eigenvalue weighted by Gasteiger charge is 2.07. The van der Waals surface area contributed by atoms with Gasteiger partial charge in [0.05, 0.1) is 5.69 Å². The molecule has 1 heterocycles. The van der Waals surface area contributed by atoms with Crippen molar-refractivity contribution in [3.05, 3.63) is 63.3 Å². The van der Waals surface area contributed by atoms with Gasteiger partial charge < -0.3 is 5.32 Å². The maximum Gasteiger partial charge on any atom is 0.0570 e. The molecule has 0 amide bonds. The molecule has 1 N–H and O–H groups in total. The van der Waals surface area contributed by atoms with E-state index < -0.39 is 0 Å². The van der Waals surface area contributed by atoms with Gasteiger partial charge in [-0.15, -0.1) is 0 Å². The van der Waals surface area contributed by atoms with E-state index in [1.807, 2.05) is 36.4 Å². The van der Waals surface area contributed by atoms with Crippen LogP contribution in [0.25, 0.3) is 0 Å². The number of benzene rings is 1. The Balaban J connectivity index is 2.01. The second-order valence-electron chi connectivity index (χ2n) is 4.09. The van der Waals surface area contributed by atoms with Crippen LogP contribution in [0.5, 0.6) is 0 Å². The van der Waals surface area contributed by atoms with Gasteiger partial charge in [-0.3, -0.25) is 4.98 Å². The fourth-order valence-electron chi connectivity index (χ4n) is 1.68. The van der Waals surface area contributed by atoms with Crippen molar-refractivity contribution in [1.82, 2.24) is 10.3 Å². The molecule has 94 valence electrons. The molecule has 2 nitrogen and oxygen atoms in total. The molecule has 1 aromatic heterocycles. The summed E-state index contributed by atoms with van der Waals surface area (Å²) in [4.78, 5) is 4.33. The molecule has 0 aliphatic heterocycles. The first-order chi connectivity index (χ1) is 8.66. The Bertz CT molecular complexity index is 516. The Hall–Kier alpha value is -0.900. The molecule has 0 spiro atoms. The Labute approximate surface area is 121 Å². The zero-order chi connectivity index (χ0) is 13.0. The molecule has 1 atom stereocenters. The Kier molecular flexibility index (Phi) is 4.75. The third-order valence-corrected chi connectivity index (χ3v) is 3.60. The van der Waals surface area contributed by atoms with Gasteiger partial charge in [-0.1, -0.05) is 33.6 Å². The number of rotatable bonds is 4. The summed E-state index contributed by atoms with van der Waals surface area (Å²) in [7, 11) is 0. The number of nitrogens with zero attached hydrogens (tertiary/aromatic N) is 1. The Morgan fingerprint density at radius 1 is 1.33 bits per heavy atom. The second-order valence-corrected chi connectivity index (χ2v) is 5.42. The van der Waals surface area contributed by atoms with Crippen LogP contribution in [-0.4, -0.2) is 4.98 Å². The lowest BCUT2D eigenvalue weighted by Gasteiger charge is -2.14. The van der Waals surface area contributed by atoms with E-state index in [2.05, 4.69) is 33.2 Å². The highest BCUT2D eigenvalue weighted by Crippen LogP contribution is 2.21. The van der Waals surface area contributed by atoms with E-state index >= 15 is 0 Å². The first-order valence-electron chi connectivity index (χ1n) is 5.75. The molecule has 4 heteroatoms. The van der Waals surface area contributed by atoms with Crippen LogP contribution >= 0.6 is 27.5 Å². The van der Waals surface area contributed by atoms with Crippen molar-refractivity contribution < 1.29 is 0 Å². The van der Waals surface area contributed by atoms with Crippen molar-refractivity contribution in [2.45, 2.75) is 19.5 Å². The molecular weight excluding hydrogens is 312 g/mol. The highest BCUT2D eigenvalue weighted by atomic mass is 79.9. The first-order valence-corrected chi connectivity index (χ1v) is 6.92. The van der Waals surface area contributed by atoms with Crippen LogP contribution in [0.2, 0.25) is 5.02 Å². The quantitative estimate of drug-likeness (QED) is 0.904. The maximum atomic E-state index is 6.15. The summed E-state index contributed by atoms with van der Waals surface area (Å²) in [5, 5.41) is 4.19. The van der Waals surface area contributed by atoms with Gasteiger partial charge in [0.15, 0.2) is 0 Å². The largest absolute Gasteiger partial charge is 0.305 e. The van der Waals surface area contributed by atoms with Crippen molar-refractivity contribution in [2.24, 2.45) is 0 Å². The van der Waals surface area contributed by atoms with Crippen molar-refractivity contribution in [2.75, 3.05) is 0 Å². The molecule has 0 saturated carbocycles. The lowest BCUT2D eigenvalue weighted by Crippen LogP contribution is -2.19. The fourth-order valence-corrected chi connectivity index (χ4v) is 2.27. The minimum atomic E-state index is 0.196. The van der Waals surface area contributed by atoms with Crippen LogP contribution < -0.4 is 5.32 Å². The summed E-state index contributed by atoms with van der Waals surface area (Å²) in [6.07, 6.45) is 1.81. The van der Waals surface area contributed by atoms with Crippen LogP contribution in [0.1, 0.15) is 24.2 Å². The van der Waals surface area contributed by atoms with E-state index in [-0.39, 0.29) is 6.04 Å². The highest BCUT2D eigenvalue weighted by molar-refractivity contribution is 9.10. The Morgan fingerprint density at radius 3 is 2.89 bits per heavy atom. The third-order valence-electron chi connectivity index (χ3n) is 2.74. The molecule has 0 fully saturated rings. The van der Waals surface area contributed by atoms with Crippen LogP contribution in [-0.2, 0) is 6.54 Å². The van der Waals surface area contributed by atoms with Gasteiger partial charge in [0, 0.05) is 28.3 Å². The third kappa shape index (κ3) is 3.55. The number of nitrogens with one attached hydrogen (secondary N) is 1. The zero-order valence-corrected chi connectivity index (χ0v) is 12.4. The average Bonchev–Trinajstić information content (AvgIpc) is 2.40. The van der Waals surface area contributed by atoms with Crippen LogP contribution in [0.15, 0.2) is 47.1 Å². The van der Waals surface area contributed by atoms with Gasteiger partial charge in [0.25, 0.3) is 0 Å². The predicted molar refractivity (Wildman–Crippen MR) is 78.6 cm³/mol. The van der Waals surface area contributed by atoms with E-state index in [1.165, 1.54) is 0 Å². The number of halogens is 2. The van der Waals surface area contributed by atoms with Gasteiger partial charge in [-0.2, -0.15) is 0 Å². The summed E-state index contributed by atoms with van der Waals surface area (Å²) < 4.78 is 1.04. The monoisotopic (exact) mass is 324 g/mol. The SMILES string of the molecule is C[C@H](NCc1cc(Br)ccc1Cl)c1ccccn1. The molecule has 18 heavy (non-hydrogen) atoms. The molecule has 0 aliphatic rings. The van der Waals surface area contributed by atoms with Gasteiger partial charge in [-0.25, -0.2) is 0 Å². The molecule has 0 bridgehead atoms. The average molecular weight is 326 g/mol. The smallest absolute Gasteiger partial charge is 0.0570 e. The van der Waals surface area contributed by atoms with Gasteiger partial charge in [-0.05, 0) is 42.8 Å². The first kappa shape index (κ1) is 13.5. The number of pyridine rings is 1. The normalized spacial score (nSPS) is 12.4. The fraction of sp³-hybridized carbons (Fsp3) is 0.214. The maximum absolute atomic E-state index is 6.15. The summed E-state index contributed by atoms with van der Waals surface area (Å²) in [6.45, 7) is 2.81. The molecule has 0 saturated heterocycles. The number of aromatic nitrogens is 1. The number of hydrogen-bond acceptors (Lipinski definition) is 2. The van der Waals surface area contributed by atoms with Crippen molar-refractivity contribution in [3.63, 3.8) is 0 Å². The van der Waals surface area contributed by atoms with E-state index in [0.717, 1.165) is 27.3 Å². The van der Waals surface area contributed by atoms with Gasteiger partial charge in [0.2, 0.25) is 0 Å². The summed E-state index contributed by atoms with van der Waals surface area (Å²) in [5.74, 6) is 0. The molecule has 1 aromatic carbocycles. The van der Waals surface area contributed by atoms with Gasteiger partial charge >= 0.3 is 0 Å². The van der Waals surface area contributed by atoms with Crippen LogP contribution in [0.3, 0.4) is 0 Å². The van der Waals surface area contributed by atoms with Crippen molar-refractivity contribution >= 4 is 27.5 Å². The summed E-state index contributed by atoms with van der Waals surface area (Å²) >= 11 is 9.60. The van der Waals surface area contributed by atoms with Crippen molar-refractivity contribution in [3.8, 4) is 0 Å². The molecular formula is C14H14BrClN2. The minimum absolute atomic E-state index is 0.196. The van der Waals surface area contributed by atoms with E-state index in [1.54, 1.807) is 6.20 Å². The van der Waals surface area contributed by atoms with E-state index in [0.29, 0.717) is 0 Å². The topological polar surface area (TPSA) is 24.9 Å². The molecule has 0 radical (unpaired) electrons. The zero-order valence-electron chi connectivity index (χ0n) is 10.0. The summed E-state index contributed by atoms with van der Waals surface area (Å²) in [6, 6.07) is 12.0. The molecule has 2 rings (SSSR count). The summed E-state index contributed by atoms with van der Waals surface area (Å²) in [5.41, 5.74) is 2.11. The predicted octanol–water partition coefficient (Wildman–Crippen LogP) is 4.35. The minimum Gasteiger partial charge on any atom is -0.305 e. The van der Waals surface area contributed by atoms with E-state index in [9.17, 15) is 0 Å². The van der Waals surface area contributed by atoms with Crippen molar-refractivity contribution in [1.29, 1.82) is 0 Å². The standard InChI is InChI=1S/C14H14BrClN2/c1-10(14-4-2-3-7-17-14)18-9-11-8-12(15)5-6-13(11)16/h2-8,10,18H,9H2,1H3/t10-/m0/s1. The van der Waals surface area contributed by atoms with Crippen LogP contribution in [0.4, 0.5) is 0 Å². The molecule has 0 unspecified atom stereocenters. The number of hydrogen-bond donors (Lipinski definition) is 1. The lowest BCUT2D eigenvalue weighted by molar-refractivity contribution is 0.561. The lowest BCUT2D eigenvalue weighted by atomic mass is 10.2. The Morgan fingerprint density at radius 2 is 2.17 bits per heavy atom. The van der Waals surface area contributed by atoms with Gasteiger partial charge in [0.1, 0.15) is 0 Å². The molecule has 2 aromatic rings. The van der Waals surface area contributed by atoms with E-state index in [4.69, 9.17) is 11.6 Å². The molecule has 0 aliphatic carbocycles. The van der Waals surface area contributed by atoms with Crippen LogP contribution in [0, 0.1) is 0 Å². The second kappa shape index (κ2) is 6.32.